The van der Waals surface area contributed by atoms with E-state index in [1.54, 1.807) is 0 Å². The van der Waals surface area contributed by atoms with Crippen LogP contribution in [0.2, 0.25) is 10.0 Å². The van der Waals surface area contributed by atoms with Crippen molar-refractivity contribution in [3.8, 4) is 11.5 Å². The predicted molar refractivity (Wildman–Crippen MR) is 151 cm³/mol. The predicted octanol–water partition coefficient (Wildman–Crippen LogP) is 8.80. The molecule has 0 spiro atoms. The number of aliphatic hydroxyl groups excluding tert-OH is 1. The maximum atomic E-state index is 9.43. The smallest absolute Gasteiger partial charge is 0.119 e. The van der Waals surface area contributed by atoms with E-state index in [2.05, 4.69) is 6.92 Å². The van der Waals surface area contributed by atoms with Gasteiger partial charge >= 0.3 is 0 Å². The number of rotatable bonds is 8. The summed E-state index contributed by atoms with van der Waals surface area (Å²) < 4.78 is 11.4. The number of aliphatic hydroxyl groups is 1. The molecule has 4 fully saturated rings. The lowest BCUT2D eigenvalue weighted by atomic mass is 10.0. The highest BCUT2D eigenvalue weighted by molar-refractivity contribution is 6.30. The Hall–Kier alpha value is -1.42. The van der Waals surface area contributed by atoms with Gasteiger partial charge in [-0.3, -0.25) is 0 Å². The van der Waals surface area contributed by atoms with Gasteiger partial charge in [-0.2, -0.15) is 0 Å². The van der Waals surface area contributed by atoms with Gasteiger partial charge in [0.05, 0.1) is 19.3 Å². The van der Waals surface area contributed by atoms with Gasteiger partial charge in [0.15, 0.2) is 0 Å². The number of benzene rings is 2. The first kappa shape index (κ1) is 29.1. The molecule has 0 aromatic heterocycles. The molecular weight excluding hydrogens is 491 g/mol. The molecule has 200 valence electrons. The molecule has 4 aliphatic rings. The van der Waals surface area contributed by atoms with Crippen molar-refractivity contribution >= 4 is 23.2 Å². The van der Waals surface area contributed by atoms with Crippen LogP contribution in [0.5, 0.6) is 11.5 Å². The first-order chi connectivity index (χ1) is 16.5. The van der Waals surface area contributed by atoms with Crippen LogP contribution in [0.1, 0.15) is 60.3 Å². The highest BCUT2D eigenvalue weighted by Gasteiger charge is 2.55. The van der Waals surface area contributed by atoms with Crippen molar-refractivity contribution in [1.29, 1.82) is 0 Å². The van der Waals surface area contributed by atoms with Crippen molar-refractivity contribution in [3.63, 3.8) is 0 Å². The van der Waals surface area contributed by atoms with Crippen LogP contribution in [-0.4, -0.2) is 24.4 Å². The molecule has 4 atom stereocenters. The Balaban J connectivity index is 0.000000190. The summed E-state index contributed by atoms with van der Waals surface area (Å²) in [6.07, 6.45) is 7.24. The maximum absolute atomic E-state index is 9.43. The lowest BCUT2D eigenvalue weighted by Gasteiger charge is -2.09. The fourth-order valence-electron chi connectivity index (χ4n) is 6.74. The Kier molecular flexibility index (Phi) is 10.4. The summed E-state index contributed by atoms with van der Waals surface area (Å²) in [6.45, 7) is 4.01. The molecule has 0 bridgehead atoms. The standard InChI is InChI=1S/C15H19ClO.C14H17ClO2.2CH4/c1-10-8-14-13(15(14)9-10)6-7-17-12-4-2-11(16)3-5-12;15-9-1-3-11(4-2-9)17-6-5-12-13-7-10(16)8-14(12)13;;/h2-5,10,13-15H,6-9H2,1H3;1-4,10,12-14,16H,5-8H2;2*1H4. The second-order valence-electron chi connectivity index (χ2n) is 10.9. The van der Waals surface area contributed by atoms with Gasteiger partial charge in [0.2, 0.25) is 0 Å². The minimum Gasteiger partial charge on any atom is -0.494 e. The highest BCUT2D eigenvalue weighted by Crippen LogP contribution is 2.61. The fourth-order valence-corrected chi connectivity index (χ4v) is 6.99. The van der Waals surface area contributed by atoms with Crippen LogP contribution < -0.4 is 9.47 Å². The normalized spacial score (nSPS) is 32.6. The van der Waals surface area contributed by atoms with E-state index in [1.807, 2.05) is 48.5 Å². The van der Waals surface area contributed by atoms with Gasteiger partial charge in [0, 0.05) is 10.0 Å². The van der Waals surface area contributed by atoms with Crippen LogP contribution in [-0.2, 0) is 0 Å². The zero-order chi connectivity index (χ0) is 23.7. The molecule has 3 nitrogen and oxygen atoms in total. The quantitative estimate of drug-likeness (QED) is 0.367. The maximum Gasteiger partial charge on any atom is 0.119 e. The van der Waals surface area contributed by atoms with E-state index in [0.29, 0.717) is 0 Å². The summed E-state index contributed by atoms with van der Waals surface area (Å²) in [5.74, 6) is 8.16. The topological polar surface area (TPSA) is 38.7 Å². The van der Waals surface area contributed by atoms with Gasteiger partial charge in [-0.1, -0.05) is 45.0 Å². The molecule has 0 aliphatic heterocycles. The molecule has 36 heavy (non-hydrogen) atoms. The number of fused-ring (bicyclic) bond motifs is 2. The summed E-state index contributed by atoms with van der Waals surface area (Å²) >= 11 is 11.6. The van der Waals surface area contributed by atoms with E-state index in [1.165, 1.54) is 19.3 Å². The van der Waals surface area contributed by atoms with E-state index >= 15 is 0 Å². The average molecular weight is 536 g/mol. The van der Waals surface area contributed by atoms with Crippen molar-refractivity contribution in [2.75, 3.05) is 13.2 Å². The third-order valence-corrected chi connectivity index (χ3v) is 9.03. The second-order valence-corrected chi connectivity index (χ2v) is 11.7. The molecule has 1 N–H and O–H groups in total. The van der Waals surface area contributed by atoms with E-state index in [0.717, 1.165) is 95.4 Å². The summed E-state index contributed by atoms with van der Waals surface area (Å²) in [4.78, 5) is 0. The Morgan fingerprint density at radius 3 is 1.42 bits per heavy atom. The third kappa shape index (κ3) is 7.33. The average Bonchev–Trinajstić information content (AvgIpc) is 3.48. The first-order valence-electron chi connectivity index (χ1n) is 12.9. The van der Waals surface area contributed by atoms with Gasteiger partial charge in [0.25, 0.3) is 0 Å². The highest BCUT2D eigenvalue weighted by atomic mass is 35.5. The van der Waals surface area contributed by atoms with Crippen molar-refractivity contribution in [3.05, 3.63) is 58.6 Å². The molecule has 0 heterocycles. The van der Waals surface area contributed by atoms with Crippen LogP contribution >= 0.6 is 23.2 Å². The minimum atomic E-state index is -0.0292. The number of halogens is 2. The molecular formula is C31H44Cl2O3. The Bertz CT molecular complexity index is 830. The van der Waals surface area contributed by atoms with Gasteiger partial charge in [-0.15, -0.1) is 0 Å². The Morgan fingerprint density at radius 2 is 1.03 bits per heavy atom. The van der Waals surface area contributed by atoms with Crippen LogP contribution in [0.25, 0.3) is 0 Å². The van der Waals surface area contributed by atoms with Crippen LogP contribution in [0.4, 0.5) is 0 Å². The zero-order valence-electron chi connectivity index (χ0n) is 19.9. The Labute approximate surface area is 228 Å². The van der Waals surface area contributed by atoms with Gasteiger partial charge in [-0.25, -0.2) is 0 Å². The number of hydrogen-bond acceptors (Lipinski definition) is 3. The molecule has 0 radical (unpaired) electrons. The third-order valence-electron chi connectivity index (χ3n) is 8.52. The monoisotopic (exact) mass is 534 g/mol. The lowest BCUT2D eigenvalue weighted by Crippen LogP contribution is -2.07. The van der Waals surface area contributed by atoms with E-state index in [4.69, 9.17) is 32.7 Å². The van der Waals surface area contributed by atoms with Crippen LogP contribution in [0.3, 0.4) is 0 Å². The van der Waals surface area contributed by atoms with Crippen molar-refractivity contribution in [2.45, 2.75) is 66.4 Å². The molecule has 2 aromatic carbocycles. The van der Waals surface area contributed by atoms with E-state index in [-0.39, 0.29) is 21.0 Å². The van der Waals surface area contributed by atoms with Crippen molar-refractivity contribution in [1.82, 2.24) is 0 Å². The number of hydrogen-bond donors (Lipinski definition) is 1. The fraction of sp³-hybridized carbons (Fsp3) is 0.613. The molecule has 0 amide bonds. The van der Waals surface area contributed by atoms with Crippen molar-refractivity contribution < 1.29 is 14.6 Å². The zero-order valence-corrected chi connectivity index (χ0v) is 21.4. The van der Waals surface area contributed by atoms with Gasteiger partial charge in [-0.05, 0) is 128 Å². The SMILES string of the molecule is C.C.CC1CC2C(CCOc3ccc(Cl)cc3)C2C1.OC1CC2C(CCOc3ccc(Cl)cc3)C2C1. The molecule has 2 aromatic rings. The van der Waals surface area contributed by atoms with Crippen LogP contribution in [0, 0.1) is 41.4 Å². The summed E-state index contributed by atoms with van der Waals surface area (Å²) in [6, 6.07) is 15.1. The second kappa shape index (κ2) is 12.9. The van der Waals surface area contributed by atoms with E-state index < -0.39 is 0 Å². The Morgan fingerprint density at radius 1 is 0.667 bits per heavy atom. The number of ether oxygens (including phenoxy) is 2. The molecule has 4 saturated carbocycles. The minimum absolute atomic E-state index is 0. The van der Waals surface area contributed by atoms with E-state index in [9.17, 15) is 5.11 Å². The van der Waals surface area contributed by atoms with Crippen LogP contribution in [0.15, 0.2) is 48.5 Å². The molecule has 6 rings (SSSR count). The molecule has 4 aliphatic carbocycles. The summed E-state index contributed by atoms with van der Waals surface area (Å²) in [5.41, 5.74) is 0. The van der Waals surface area contributed by atoms with Gasteiger partial charge in [0.1, 0.15) is 11.5 Å². The molecule has 5 heteroatoms. The lowest BCUT2D eigenvalue weighted by molar-refractivity contribution is 0.157. The molecule has 0 saturated heterocycles. The summed E-state index contributed by atoms with van der Waals surface area (Å²) in [7, 11) is 0. The molecule has 4 unspecified atom stereocenters. The van der Waals surface area contributed by atoms with Gasteiger partial charge < -0.3 is 14.6 Å². The van der Waals surface area contributed by atoms with Crippen molar-refractivity contribution in [2.24, 2.45) is 41.4 Å². The summed E-state index contributed by atoms with van der Waals surface area (Å²) in [5, 5.41) is 10.9. The first-order valence-corrected chi connectivity index (χ1v) is 13.7. The largest absolute Gasteiger partial charge is 0.494 e.